The molecule has 0 aliphatic heterocycles. The maximum Gasteiger partial charge on any atom is 0.292 e. The van der Waals surface area contributed by atoms with Crippen molar-refractivity contribution < 1.29 is 19.0 Å². The SMILES string of the molecule is COC=O.COc1ccc2cc[nH]c2c1OC. The second-order valence-corrected chi connectivity index (χ2v) is 3.07. The Morgan fingerprint density at radius 1 is 1.12 bits per heavy atom. The Hall–Kier alpha value is -2.17. The van der Waals surface area contributed by atoms with Crippen LogP contribution in [0.3, 0.4) is 0 Å². The number of ether oxygens (including phenoxy) is 3. The molecule has 0 aliphatic carbocycles. The highest BCUT2D eigenvalue weighted by Gasteiger charge is 2.08. The van der Waals surface area contributed by atoms with Crippen LogP contribution in [-0.4, -0.2) is 32.8 Å². The molecule has 1 aromatic carbocycles. The molecule has 2 aromatic rings. The molecule has 0 spiro atoms. The predicted molar refractivity (Wildman–Crippen MR) is 64.5 cm³/mol. The summed E-state index contributed by atoms with van der Waals surface area (Å²) in [5.41, 5.74) is 0.974. The van der Waals surface area contributed by atoms with Gasteiger partial charge in [0.25, 0.3) is 6.47 Å². The minimum absolute atomic E-state index is 0.375. The maximum absolute atomic E-state index is 8.95. The molecular formula is C12H15NO4. The summed E-state index contributed by atoms with van der Waals surface area (Å²) >= 11 is 0. The van der Waals surface area contributed by atoms with Crippen molar-refractivity contribution in [1.82, 2.24) is 4.98 Å². The van der Waals surface area contributed by atoms with Crippen LogP contribution in [0, 0.1) is 0 Å². The van der Waals surface area contributed by atoms with E-state index in [4.69, 9.17) is 14.3 Å². The fraction of sp³-hybridized carbons (Fsp3) is 0.250. The lowest BCUT2D eigenvalue weighted by Crippen LogP contribution is -1.90. The number of aromatic nitrogens is 1. The van der Waals surface area contributed by atoms with Crippen LogP contribution < -0.4 is 9.47 Å². The fourth-order valence-electron chi connectivity index (χ4n) is 1.44. The summed E-state index contributed by atoms with van der Waals surface area (Å²) in [6.45, 7) is 0.375. The number of carbonyl (C=O) groups excluding carboxylic acids is 1. The molecule has 2 rings (SSSR count). The lowest BCUT2D eigenvalue weighted by Gasteiger charge is -2.07. The van der Waals surface area contributed by atoms with Crippen molar-refractivity contribution >= 4 is 17.4 Å². The maximum atomic E-state index is 8.95. The highest BCUT2D eigenvalue weighted by molar-refractivity contribution is 5.87. The molecular weight excluding hydrogens is 222 g/mol. The van der Waals surface area contributed by atoms with Crippen molar-refractivity contribution in [1.29, 1.82) is 0 Å². The number of rotatable bonds is 3. The summed E-state index contributed by atoms with van der Waals surface area (Å²) in [5, 5.41) is 1.12. The number of fused-ring (bicyclic) bond motifs is 1. The van der Waals surface area contributed by atoms with Crippen LogP contribution in [0.2, 0.25) is 0 Å². The average Bonchev–Trinajstić information content (AvgIpc) is 2.85. The van der Waals surface area contributed by atoms with Crippen molar-refractivity contribution in [2.24, 2.45) is 0 Å². The second-order valence-electron chi connectivity index (χ2n) is 3.07. The van der Waals surface area contributed by atoms with Crippen molar-refractivity contribution in [2.45, 2.75) is 0 Å². The normalized spacial score (nSPS) is 9.12. The van der Waals surface area contributed by atoms with Crippen molar-refractivity contribution in [2.75, 3.05) is 21.3 Å². The summed E-state index contributed by atoms with van der Waals surface area (Å²) in [6, 6.07) is 5.89. The minimum Gasteiger partial charge on any atom is -0.493 e. The van der Waals surface area contributed by atoms with E-state index in [1.807, 2.05) is 24.4 Å². The van der Waals surface area contributed by atoms with E-state index in [-0.39, 0.29) is 0 Å². The van der Waals surface area contributed by atoms with Gasteiger partial charge in [0.15, 0.2) is 11.5 Å². The van der Waals surface area contributed by atoms with E-state index in [1.165, 1.54) is 7.11 Å². The van der Waals surface area contributed by atoms with Gasteiger partial charge in [-0.25, -0.2) is 0 Å². The van der Waals surface area contributed by atoms with Gasteiger partial charge in [0.05, 0.1) is 26.8 Å². The second kappa shape index (κ2) is 6.42. The first-order chi connectivity index (χ1) is 8.28. The third kappa shape index (κ3) is 2.90. The van der Waals surface area contributed by atoms with Gasteiger partial charge in [-0.2, -0.15) is 0 Å². The van der Waals surface area contributed by atoms with E-state index in [1.54, 1.807) is 14.2 Å². The Bertz CT molecular complexity index is 478. The first-order valence-corrected chi connectivity index (χ1v) is 4.93. The zero-order chi connectivity index (χ0) is 12.7. The molecule has 5 nitrogen and oxygen atoms in total. The monoisotopic (exact) mass is 237 g/mol. The third-order valence-corrected chi connectivity index (χ3v) is 2.16. The van der Waals surface area contributed by atoms with Crippen LogP contribution in [0.5, 0.6) is 11.5 Å². The zero-order valence-corrected chi connectivity index (χ0v) is 10.0. The van der Waals surface area contributed by atoms with Gasteiger partial charge in [0.2, 0.25) is 0 Å². The Labute approximate surface area is 99.3 Å². The number of benzene rings is 1. The molecule has 0 saturated heterocycles. The molecule has 5 heteroatoms. The van der Waals surface area contributed by atoms with Crippen molar-refractivity contribution in [3.8, 4) is 11.5 Å². The lowest BCUT2D eigenvalue weighted by atomic mass is 10.2. The van der Waals surface area contributed by atoms with E-state index in [2.05, 4.69) is 9.72 Å². The number of H-pyrrole nitrogens is 1. The summed E-state index contributed by atoms with van der Waals surface area (Å²) in [7, 11) is 4.58. The van der Waals surface area contributed by atoms with Gasteiger partial charge in [0.1, 0.15) is 0 Å². The molecule has 0 fully saturated rings. The van der Waals surface area contributed by atoms with Crippen LogP contribution in [0.4, 0.5) is 0 Å². The molecule has 92 valence electrons. The van der Waals surface area contributed by atoms with Gasteiger partial charge in [-0.3, -0.25) is 4.79 Å². The number of aromatic amines is 1. The van der Waals surface area contributed by atoms with Crippen LogP contribution in [0.25, 0.3) is 10.9 Å². The van der Waals surface area contributed by atoms with Gasteiger partial charge >= 0.3 is 0 Å². The number of hydrogen-bond donors (Lipinski definition) is 1. The van der Waals surface area contributed by atoms with Crippen LogP contribution in [-0.2, 0) is 9.53 Å². The Morgan fingerprint density at radius 3 is 2.35 bits per heavy atom. The quantitative estimate of drug-likeness (QED) is 0.829. The van der Waals surface area contributed by atoms with Gasteiger partial charge in [-0.05, 0) is 18.2 Å². The molecule has 0 atom stereocenters. The standard InChI is InChI=1S/C10H11NO2.C2H4O2/c1-12-8-4-3-7-5-6-11-9(7)10(8)13-2;1-4-2-3/h3-6,11H,1-2H3;2H,1H3. The predicted octanol–water partition coefficient (Wildman–Crippen LogP) is 1.97. The summed E-state index contributed by atoms with van der Waals surface area (Å²) in [4.78, 5) is 12.1. The highest BCUT2D eigenvalue weighted by Crippen LogP contribution is 2.33. The molecule has 17 heavy (non-hydrogen) atoms. The first-order valence-electron chi connectivity index (χ1n) is 4.93. The molecule has 0 amide bonds. The van der Waals surface area contributed by atoms with Crippen LogP contribution >= 0.6 is 0 Å². The summed E-state index contributed by atoms with van der Waals surface area (Å²) in [5.74, 6) is 1.50. The fourth-order valence-corrected chi connectivity index (χ4v) is 1.44. The van der Waals surface area contributed by atoms with Gasteiger partial charge in [0, 0.05) is 11.6 Å². The first kappa shape index (κ1) is 12.9. The summed E-state index contributed by atoms with van der Waals surface area (Å²) < 4.78 is 14.3. The van der Waals surface area contributed by atoms with Crippen LogP contribution in [0.1, 0.15) is 0 Å². The number of hydrogen-bond acceptors (Lipinski definition) is 4. The number of carbonyl (C=O) groups is 1. The van der Waals surface area contributed by atoms with Crippen molar-refractivity contribution in [3.05, 3.63) is 24.4 Å². The Morgan fingerprint density at radius 2 is 1.82 bits per heavy atom. The average molecular weight is 237 g/mol. The van der Waals surface area contributed by atoms with E-state index < -0.39 is 0 Å². The number of nitrogens with one attached hydrogen (secondary N) is 1. The lowest BCUT2D eigenvalue weighted by molar-refractivity contribution is -0.126. The van der Waals surface area contributed by atoms with Gasteiger partial charge < -0.3 is 19.2 Å². The smallest absolute Gasteiger partial charge is 0.292 e. The minimum atomic E-state index is 0.375. The molecule has 1 heterocycles. The third-order valence-electron chi connectivity index (χ3n) is 2.16. The molecule has 0 saturated carbocycles. The molecule has 0 aliphatic rings. The molecule has 0 unspecified atom stereocenters. The molecule has 1 aromatic heterocycles. The van der Waals surface area contributed by atoms with Gasteiger partial charge in [-0.1, -0.05) is 0 Å². The van der Waals surface area contributed by atoms with E-state index in [0.29, 0.717) is 6.47 Å². The van der Waals surface area contributed by atoms with Crippen molar-refractivity contribution in [3.63, 3.8) is 0 Å². The topological polar surface area (TPSA) is 60.5 Å². The van der Waals surface area contributed by atoms with Gasteiger partial charge in [-0.15, -0.1) is 0 Å². The molecule has 0 bridgehead atoms. The van der Waals surface area contributed by atoms with Crippen LogP contribution in [0.15, 0.2) is 24.4 Å². The Balaban J connectivity index is 0.000000317. The largest absolute Gasteiger partial charge is 0.493 e. The highest BCUT2D eigenvalue weighted by atomic mass is 16.5. The van der Waals surface area contributed by atoms with E-state index >= 15 is 0 Å². The Kier molecular flexibility index (Phi) is 4.87. The molecule has 0 radical (unpaired) electrons. The number of methoxy groups -OCH3 is 3. The van der Waals surface area contributed by atoms with E-state index in [0.717, 1.165) is 22.4 Å². The zero-order valence-electron chi connectivity index (χ0n) is 10.0. The summed E-state index contributed by atoms with van der Waals surface area (Å²) in [6.07, 6.45) is 1.88. The van der Waals surface area contributed by atoms with E-state index in [9.17, 15) is 0 Å². The molecule has 1 N–H and O–H groups in total.